The number of piperidine rings is 1. The lowest BCUT2D eigenvalue weighted by molar-refractivity contribution is -0.0442. The first kappa shape index (κ1) is 15.0. The van der Waals surface area contributed by atoms with E-state index in [-0.39, 0.29) is 32.4 Å². The number of carboxylic acid groups (broad SMARTS) is 1. The van der Waals surface area contributed by atoms with Crippen LogP contribution in [0, 0.1) is 5.41 Å². The molecular formula is C14H16ClF2NO2. The second-order valence-electron chi connectivity index (χ2n) is 5.20. The van der Waals surface area contributed by atoms with Crippen LogP contribution in [0.15, 0.2) is 24.3 Å². The first-order valence-electron chi connectivity index (χ1n) is 6.44. The largest absolute Gasteiger partial charge is 0.465 e. The number of amides is 1. The Bertz CT molecular complexity index is 488. The van der Waals surface area contributed by atoms with Crippen molar-refractivity contribution in [3.8, 4) is 0 Å². The highest BCUT2D eigenvalue weighted by Crippen LogP contribution is 2.41. The van der Waals surface area contributed by atoms with Crippen LogP contribution in [0.4, 0.5) is 13.6 Å². The third-order valence-electron chi connectivity index (χ3n) is 3.99. The lowest BCUT2D eigenvalue weighted by atomic mass is 9.74. The van der Waals surface area contributed by atoms with Crippen LogP contribution in [0.25, 0.3) is 0 Å². The molecule has 0 spiro atoms. The quantitative estimate of drug-likeness (QED) is 0.919. The van der Waals surface area contributed by atoms with Crippen LogP contribution in [0.1, 0.15) is 18.4 Å². The highest BCUT2D eigenvalue weighted by molar-refractivity contribution is 6.31. The molecule has 1 aromatic carbocycles. The predicted molar refractivity (Wildman–Crippen MR) is 72.4 cm³/mol. The number of alkyl halides is 2. The van der Waals surface area contributed by atoms with Gasteiger partial charge in [0.2, 0.25) is 6.43 Å². The molecule has 0 saturated carbocycles. The monoisotopic (exact) mass is 303 g/mol. The number of halogens is 3. The molecule has 110 valence electrons. The number of rotatable bonds is 3. The molecule has 1 N–H and O–H groups in total. The Hall–Kier alpha value is -1.36. The van der Waals surface area contributed by atoms with Crippen LogP contribution in [-0.2, 0) is 6.42 Å². The van der Waals surface area contributed by atoms with E-state index in [1.54, 1.807) is 24.3 Å². The molecule has 0 radical (unpaired) electrons. The molecule has 20 heavy (non-hydrogen) atoms. The summed E-state index contributed by atoms with van der Waals surface area (Å²) in [4.78, 5) is 12.1. The number of hydrogen-bond acceptors (Lipinski definition) is 1. The van der Waals surface area contributed by atoms with Crippen LogP contribution in [0.2, 0.25) is 5.02 Å². The summed E-state index contributed by atoms with van der Waals surface area (Å²) in [7, 11) is 0. The van der Waals surface area contributed by atoms with Gasteiger partial charge in [-0.15, -0.1) is 0 Å². The Morgan fingerprint density at radius 3 is 2.45 bits per heavy atom. The van der Waals surface area contributed by atoms with Gasteiger partial charge in [-0.2, -0.15) is 0 Å². The molecule has 1 saturated heterocycles. The van der Waals surface area contributed by atoms with Crippen molar-refractivity contribution >= 4 is 17.7 Å². The maximum Gasteiger partial charge on any atom is 0.407 e. The first-order valence-corrected chi connectivity index (χ1v) is 6.82. The van der Waals surface area contributed by atoms with Gasteiger partial charge < -0.3 is 10.0 Å². The van der Waals surface area contributed by atoms with E-state index in [2.05, 4.69) is 0 Å². The molecule has 0 unspecified atom stereocenters. The van der Waals surface area contributed by atoms with E-state index in [1.807, 2.05) is 0 Å². The van der Waals surface area contributed by atoms with E-state index in [1.165, 1.54) is 4.90 Å². The Labute approximate surface area is 121 Å². The summed E-state index contributed by atoms with van der Waals surface area (Å²) in [5.74, 6) is 0. The summed E-state index contributed by atoms with van der Waals surface area (Å²) in [5, 5.41) is 9.38. The Morgan fingerprint density at radius 2 is 1.95 bits per heavy atom. The summed E-state index contributed by atoms with van der Waals surface area (Å²) >= 11 is 6.04. The van der Waals surface area contributed by atoms with Gasteiger partial charge in [-0.05, 0) is 30.9 Å². The van der Waals surface area contributed by atoms with Crippen molar-refractivity contribution in [2.45, 2.75) is 25.7 Å². The molecule has 3 nitrogen and oxygen atoms in total. The van der Waals surface area contributed by atoms with E-state index >= 15 is 0 Å². The average Bonchev–Trinajstić information content (AvgIpc) is 2.42. The molecule has 2 rings (SSSR count). The second-order valence-corrected chi connectivity index (χ2v) is 5.61. The lowest BCUT2D eigenvalue weighted by Crippen LogP contribution is -2.46. The maximum atomic E-state index is 13.5. The summed E-state index contributed by atoms with van der Waals surface area (Å²) in [6.45, 7) is 0.286. The predicted octanol–water partition coefficient (Wildman–Crippen LogP) is 3.91. The fraction of sp³-hybridized carbons (Fsp3) is 0.500. The van der Waals surface area contributed by atoms with Gasteiger partial charge in [0.1, 0.15) is 0 Å². The van der Waals surface area contributed by atoms with Gasteiger partial charge in [0.05, 0.1) is 0 Å². The zero-order valence-corrected chi connectivity index (χ0v) is 11.6. The molecule has 0 atom stereocenters. The van der Waals surface area contributed by atoms with Gasteiger partial charge in [0.15, 0.2) is 0 Å². The maximum absolute atomic E-state index is 13.5. The molecule has 0 bridgehead atoms. The van der Waals surface area contributed by atoms with Crippen LogP contribution in [-0.4, -0.2) is 35.6 Å². The third kappa shape index (κ3) is 3.03. The van der Waals surface area contributed by atoms with Crippen molar-refractivity contribution < 1.29 is 18.7 Å². The second kappa shape index (κ2) is 5.95. The number of likely N-dealkylation sites (tertiary alicyclic amines) is 1. The van der Waals surface area contributed by atoms with Crippen molar-refractivity contribution in [3.63, 3.8) is 0 Å². The minimum absolute atomic E-state index is 0.143. The molecule has 1 fully saturated rings. The highest BCUT2D eigenvalue weighted by atomic mass is 35.5. The van der Waals surface area contributed by atoms with Crippen LogP contribution in [0.3, 0.4) is 0 Å². The van der Waals surface area contributed by atoms with Crippen LogP contribution in [0.5, 0.6) is 0 Å². The summed E-state index contributed by atoms with van der Waals surface area (Å²) in [5.41, 5.74) is -0.491. The van der Waals surface area contributed by atoms with Crippen LogP contribution < -0.4 is 0 Å². The Kier molecular flexibility index (Phi) is 4.48. The highest BCUT2D eigenvalue weighted by Gasteiger charge is 2.43. The van der Waals surface area contributed by atoms with Crippen molar-refractivity contribution in [2.75, 3.05) is 13.1 Å². The van der Waals surface area contributed by atoms with Crippen molar-refractivity contribution in [2.24, 2.45) is 5.41 Å². The minimum Gasteiger partial charge on any atom is -0.465 e. The standard InChI is InChI=1S/C14H16ClF2NO2/c15-11-4-2-1-3-10(11)9-14(12(16)17)5-7-18(8-6-14)13(19)20/h1-4,12H,5-9H2,(H,19,20). The molecular weight excluding hydrogens is 288 g/mol. The fourth-order valence-electron chi connectivity index (χ4n) is 2.64. The van der Waals surface area contributed by atoms with E-state index in [9.17, 15) is 13.6 Å². The number of hydrogen-bond donors (Lipinski definition) is 1. The minimum atomic E-state index is -2.49. The molecule has 1 heterocycles. The number of carbonyl (C=O) groups is 1. The van der Waals surface area contributed by atoms with Gasteiger partial charge in [-0.25, -0.2) is 13.6 Å². The van der Waals surface area contributed by atoms with E-state index < -0.39 is 17.9 Å². The normalized spacial score (nSPS) is 18.3. The first-order chi connectivity index (χ1) is 9.44. The summed E-state index contributed by atoms with van der Waals surface area (Å²) in [6, 6.07) is 6.96. The molecule has 1 aliphatic rings. The van der Waals surface area contributed by atoms with Crippen molar-refractivity contribution in [3.05, 3.63) is 34.9 Å². The van der Waals surface area contributed by atoms with Gasteiger partial charge in [0, 0.05) is 23.5 Å². The van der Waals surface area contributed by atoms with Gasteiger partial charge in [-0.1, -0.05) is 29.8 Å². The third-order valence-corrected chi connectivity index (χ3v) is 4.36. The van der Waals surface area contributed by atoms with E-state index in [0.29, 0.717) is 10.6 Å². The fourth-order valence-corrected chi connectivity index (χ4v) is 2.84. The van der Waals surface area contributed by atoms with Gasteiger partial charge in [0.25, 0.3) is 0 Å². The molecule has 1 aliphatic heterocycles. The smallest absolute Gasteiger partial charge is 0.407 e. The van der Waals surface area contributed by atoms with Crippen LogP contribution >= 0.6 is 11.6 Å². The summed E-state index contributed by atoms with van der Waals surface area (Å²) in [6.07, 6.45) is -3.05. The van der Waals surface area contributed by atoms with Crippen molar-refractivity contribution in [1.82, 2.24) is 4.90 Å². The van der Waals surface area contributed by atoms with Gasteiger partial charge >= 0.3 is 6.09 Å². The Balaban J connectivity index is 2.16. The SMILES string of the molecule is O=C(O)N1CCC(Cc2ccccc2Cl)(C(F)F)CC1. The molecule has 1 aromatic rings. The molecule has 0 aromatic heterocycles. The topological polar surface area (TPSA) is 40.5 Å². The molecule has 6 heteroatoms. The summed E-state index contributed by atoms with van der Waals surface area (Å²) < 4.78 is 27.0. The molecule has 0 aliphatic carbocycles. The van der Waals surface area contributed by atoms with Gasteiger partial charge in [-0.3, -0.25) is 0 Å². The number of benzene rings is 1. The Morgan fingerprint density at radius 1 is 1.35 bits per heavy atom. The van der Waals surface area contributed by atoms with E-state index in [4.69, 9.17) is 16.7 Å². The van der Waals surface area contributed by atoms with Crippen molar-refractivity contribution in [1.29, 1.82) is 0 Å². The van der Waals surface area contributed by atoms with E-state index in [0.717, 1.165) is 0 Å². The zero-order chi connectivity index (χ0) is 14.8. The lowest BCUT2D eigenvalue weighted by Gasteiger charge is -2.40. The zero-order valence-electron chi connectivity index (χ0n) is 10.9. The average molecular weight is 304 g/mol. The number of nitrogens with zero attached hydrogens (tertiary/aromatic N) is 1. The molecule has 1 amide bonds.